The van der Waals surface area contributed by atoms with Crippen LogP contribution in [0.1, 0.15) is 29.5 Å². The van der Waals surface area contributed by atoms with Crippen LogP contribution in [0.3, 0.4) is 0 Å². The number of primary amides is 1. The zero-order valence-electron chi connectivity index (χ0n) is 20.6. The maximum atomic E-state index is 13.8. The molecule has 0 aliphatic heterocycles. The number of nitrogens with zero attached hydrogens (tertiary/aromatic N) is 2. The first kappa shape index (κ1) is 25.5. The van der Waals surface area contributed by atoms with Gasteiger partial charge in [-0.3, -0.25) is 19.3 Å². The number of hydrogen-bond acceptors (Lipinski definition) is 8. The summed E-state index contributed by atoms with van der Waals surface area (Å²) >= 11 is 0. The summed E-state index contributed by atoms with van der Waals surface area (Å²) < 4.78 is 0. The molecule has 0 saturated heterocycles. The number of aliphatic hydroxyl groups excluding tert-OH is 2. The second kappa shape index (κ2) is 8.79. The highest BCUT2D eigenvalue weighted by Gasteiger charge is 2.60. The molecule has 10 nitrogen and oxygen atoms in total. The summed E-state index contributed by atoms with van der Waals surface area (Å²) in [6.07, 6.45) is 2.97. The lowest BCUT2D eigenvalue weighted by Gasteiger charge is -2.51. The van der Waals surface area contributed by atoms with Crippen LogP contribution in [0.5, 0.6) is 5.75 Å². The molecular weight excluding hydrogens is 466 g/mol. The fourth-order valence-corrected chi connectivity index (χ4v) is 5.82. The lowest BCUT2D eigenvalue weighted by Crippen LogP contribution is -2.62. The number of amides is 2. The Kier molecular flexibility index (Phi) is 6.22. The van der Waals surface area contributed by atoms with E-state index in [1.165, 1.54) is 17.0 Å². The predicted octanol–water partition coefficient (Wildman–Crippen LogP) is 0.886. The van der Waals surface area contributed by atoms with Crippen molar-refractivity contribution in [2.24, 2.45) is 17.6 Å². The van der Waals surface area contributed by atoms with Gasteiger partial charge < -0.3 is 31.1 Å². The molecule has 2 amide bonds. The average Bonchev–Trinajstić information content (AvgIpc) is 2.79. The van der Waals surface area contributed by atoms with Gasteiger partial charge in [-0.15, -0.1) is 0 Å². The highest BCUT2D eigenvalue weighted by molar-refractivity contribution is 6.10. The second-order valence-electron chi connectivity index (χ2n) is 10.2. The van der Waals surface area contributed by atoms with Gasteiger partial charge in [-0.05, 0) is 56.1 Å². The van der Waals surface area contributed by atoms with Crippen LogP contribution in [0.15, 0.2) is 35.1 Å². The number of aromatic hydroxyl groups is 1. The first-order valence-electron chi connectivity index (χ1n) is 11.6. The number of carbonyl (C=O) groups excluding carboxylic acids is 3. The Labute approximate surface area is 208 Å². The molecule has 0 radical (unpaired) electrons. The Morgan fingerprint density at radius 1 is 1.14 bits per heavy atom. The SMILES string of the molecule is CN(C)C(=O)/C=C/c1ccc(O)c2c1CC1CC3C(N(C)C)C(O)=C(C(N)=O)CC3(O)C(=O)C1=C2O. The standard InChI is InChI=1S/C26H31N3O7/c1-28(2)18(31)8-6-12-5-7-17(30)20-14(12)9-13-10-16-21(29(3)4)22(32)15(25(27)35)11-26(16,36)24(34)19(13)23(20)33/h5-8,13,16,21,30,32-33,36H,9-11H2,1-4H3,(H2,27,35)/b8-6+. The monoisotopic (exact) mass is 497 g/mol. The number of aliphatic hydroxyl groups is 3. The molecule has 192 valence electrons. The number of hydrogen-bond donors (Lipinski definition) is 5. The molecule has 3 aliphatic rings. The van der Waals surface area contributed by atoms with Gasteiger partial charge in [0.05, 0.1) is 17.2 Å². The number of phenolic OH excluding ortho intramolecular Hbond substituents is 1. The second-order valence-corrected chi connectivity index (χ2v) is 10.2. The van der Waals surface area contributed by atoms with E-state index in [2.05, 4.69) is 0 Å². The van der Waals surface area contributed by atoms with Crippen LogP contribution in [-0.4, -0.2) is 87.7 Å². The quantitative estimate of drug-likeness (QED) is 0.383. The molecule has 4 unspecified atom stereocenters. The number of phenols is 1. The maximum Gasteiger partial charge on any atom is 0.248 e. The van der Waals surface area contributed by atoms with Crippen molar-refractivity contribution in [2.45, 2.75) is 30.9 Å². The van der Waals surface area contributed by atoms with Crippen molar-refractivity contribution in [2.75, 3.05) is 28.2 Å². The largest absolute Gasteiger partial charge is 0.510 e. The molecule has 1 saturated carbocycles. The lowest BCUT2D eigenvalue weighted by atomic mass is 9.57. The van der Waals surface area contributed by atoms with Crippen molar-refractivity contribution < 1.29 is 34.8 Å². The molecule has 4 rings (SSSR count). The first-order chi connectivity index (χ1) is 16.8. The number of fused-ring (bicyclic) bond motifs is 3. The molecule has 0 heterocycles. The van der Waals surface area contributed by atoms with E-state index in [1.807, 2.05) is 0 Å². The molecule has 0 bridgehead atoms. The van der Waals surface area contributed by atoms with Gasteiger partial charge in [0, 0.05) is 38.1 Å². The summed E-state index contributed by atoms with van der Waals surface area (Å²) in [5, 5.41) is 44.3. The first-order valence-corrected chi connectivity index (χ1v) is 11.6. The number of ketones is 1. The van der Waals surface area contributed by atoms with E-state index in [-0.39, 0.29) is 47.0 Å². The maximum absolute atomic E-state index is 13.8. The Morgan fingerprint density at radius 3 is 2.39 bits per heavy atom. The van der Waals surface area contributed by atoms with Crippen LogP contribution < -0.4 is 5.73 Å². The van der Waals surface area contributed by atoms with E-state index in [1.54, 1.807) is 45.2 Å². The molecule has 1 aromatic carbocycles. The van der Waals surface area contributed by atoms with Gasteiger partial charge >= 0.3 is 0 Å². The average molecular weight is 498 g/mol. The minimum Gasteiger partial charge on any atom is -0.510 e. The van der Waals surface area contributed by atoms with E-state index in [4.69, 9.17) is 5.73 Å². The van der Waals surface area contributed by atoms with Crippen LogP contribution in [0.25, 0.3) is 11.8 Å². The molecule has 10 heteroatoms. The minimum atomic E-state index is -2.08. The van der Waals surface area contributed by atoms with Crippen molar-refractivity contribution in [1.82, 2.24) is 9.80 Å². The molecular formula is C26H31N3O7. The lowest BCUT2D eigenvalue weighted by molar-refractivity contribution is -0.151. The van der Waals surface area contributed by atoms with Gasteiger partial charge in [-0.1, -0.05) is 6.07 Å². The summed E-state index contributed by atoms with van der Waals surface area (Å²) in [6, 6.07) is 2.15. The molecule has 6 N–H and O–H groups in total. The summed E-state index contributed by atoms with van der Waals surface area (Å²) in [5.74, 6) is -4.19. The topological polar surface area (TPSA) is 165 Å². The third-order valence-corrected chi connectivity index (χ3v) is 7.58. The normalized spacial score (nSPS) is 27.7. The number of rotatable bonds is 4. The molecule has 1 aromatic rings. The minimum absolute atomic E-state index is 0.0234. The van der Waals surface area contributed by atoms with E-state index in [0.29, 0.717) is 11.1 Å². The van der Waals surface area contributed by atoms with Crippen molar-refractivity contribution >= 4 is 29.4 Å². The van der Waals surface area contributed by atoms with Crippen molar-refractivity contribution in [1.29, 1.82) is 0 Å². The zero-order valence-corrected chi connectivity index (χ0v) is 20.6. The number of likely N-dealkylation sites (N-methyl/N-ethyl adjacent to an activating group) is 2. The van der Waals surface area contributed by atoms with Gasteiger partial charge in [0.15, 0.2) is 5.78 Å². The van der Waals surface area contributed by atoms with Gasteiger partial charge in [-0.2, -0.15) is 0 Å². The van der Waals surface area contributed by atoms with Crippen LogP contribution in [0.2, 0.25) is 0 Å². The van der Waals surface area contributed by atoms with Crippen molar-refractivity contribution in [3.63, 3.8) is 0 Å². The van der Waals surface area contributed by atoms with Crippen LogP contribution in [0, 0.1) is 11.8 Å². The summed E-state index contributed by atoms with van der Waals surface area (Å²) in [7, 11) is 6.57. The van der Waals surface area contributed by atoms with E-state index >= 15 is 0 Å². The molecule has 1 fully saturated rings. The number of nitrogens with two attached hydrogens (primary N) is 1. The molecule has 3 aliphatic carbocycles. The van der Waals surface area contributed by atoms with Gasteiger partial charge in [0.1, 0.15) is 22.9 Å². The Balaban J connectivity index is 1.86. The van der Waals surface area contributed by atoms with E-state index < -0.39 is 47.3 Å². The van der Waals surface area contributed by atoms with Gasteiger partial charge in [0.25, 0.3) is 0 Å². The molecule has 36 heavy (non-hydrogen) atoms. The van der Waals surface area contributed by atoms with Gasteiger partial charge in [-0.25, -0.2) is 0 Å². The third kappa shape index (κ3) is 3.77. The number of carbonyl (C=O) groups is 3. The fraction of sp³-hybridized carbons (Fsp3) is 0.423. The van der Waals surface area contributed by atoms with E-state index in [9.17, 15) is 34.8 Å². The predicted molar refractivity (Wildman–Crippen MR) is 132 cm³/mol. The highest BCUT2D eigenvalue weighted by atomic mass is 16.3. The Bertz CT molecular complexity index is 1260. The number of Topliss-reactive ketones (excluding diaryl/α,β-unsaturated/α-hetero) is 1. The zero-order chi connectivity index (χ0) is 26.7. The van der Waals surface area contributed by atoms with Crippen LogP contribution in [0.4, 0.5) is 0 Å². The van der Waals surface area contributed by atoms with Crippen molar-refractivity contribution in [3.8, 4) is 5.75 Å². The highest BCUT2D eigenvalue weighted by Crippen LogP contribution is 2.53. The molecule has 0 aromatic heterocycles. The van der Waals surface area contributed by atoms with Crippen LogP contribution in [-0.2, 0) is 20.8 Å². The van der Waals surface area contributed by atoms with Gasteiger partial charge in [0.2, 0.25) is 11.8 Å². The molecule has 4 atom stereocenters. The fourth-order valence-electron chi connectivity index (χ4n) is 5.82. The summed E-state index contributed by atoms with van der Waals surface area (Å²) in [6.45, 7) is 0. The number of benzene rings is 1. The smallest absolute Gasteiger partial charge is 0.248 e. The van der Waals surface area contributed by atoms with Crippen LogP contribution >= 0.6 is 0 Å². The third-order valence-electron chi connectivity index (χ3n) is 7.58. The van der Waals surface area contributed by atoms with E-state index in [0.717, 1.165) is 0 Å². The Morgan fingerprint density at radius 2 is 1.81 bits per heavy atom. The molecule has 0 spiro atoms. The summed E-state index contributed by atoms with van der Waals surface area (Å²) in [5.41, 5.74) is 4.36. The van der Waals surface area contributed by atoms with Crippen molar-refractivity contribution in [3.05, 3.63) is 51.8 Å². The summed E-state index contributed by atoms with van der Waals surface area (Å²) in [4.78, 5) is 40.9. The Hall–Kier alpha value is -3.63.